The lowest BCUT2D eigenvalue weighted by Crippen LogP contribution is -2.10. The summed E-state index contributed by atoms with van der Waals surface area (Å²) in [7, 11) is 0. The van der Waals surface area contributed by atoms with Gasteiger partial charge < -0.3 is 4.90 Å². The first-order valence-electron chi connectivity index (χ1n) is 18.7. The highest BCUT2D eigenvalue weighted by molar-refractivity contribution is 7.26. The molecule has 0 saturated carbocycles. The van der Waals surface area contributed by atoms with Crippen molar-refractivity contribution in [2.45, 2.75) is 0 Å². The average Bonchev–Trinajstić information content (AvgIpc) is 3.66. The minimum absolute atomic E-state index is 0.631. The summed E-state index contributed by atoms with van der Waals surface area (Å²) in [6.07, 6.45) is 0. The maximum atomic E-state index is 5.24. The highest BCUT2D eigenvalue weighted by atomic mass is 32.1. The van der Waals surface area contributed by atoms with Gasteiger partial charge in [0.25, 0.3) is 0 Å². The first kappa shape index (κ1) is 33.4. The van der Waals surface area contributed by atoms with Gasteiger partial charge in [-0.25, -0.2) is 15.0 Å². The van der Waals surface area contributed by atoms with Crippen molar-refractivity contribution < 1.29 is 0 Å². The molecule has 0 fully saturated rings. The first-order valence-corrected chi connectivity index (χ1v) is 19.5. The summed E-state index contributed by atoms with van der Waals surface area (Å²) in [5.74, 6) is 1.90. The fraction of sp³-hybridized carbons (Fsp3) is 0. The fourth-order valence-corrected chi connectivity index (χ4v) is 8.55. The Morgan fingerprint density at radius 1 is 0.321 bits per heavy atom. The summed E-state index contributed by atoms with van der Waals surface area (Å²) in [5.41, 5.74) is 10.7. The van der Waals surface area contributed by atoms with Crippen molar-refractivity contribution in [1.29, 1.82) is 0 Å². The van der Waals surface area contributed by atoms with Gasteiger partial charge in [-0.2, -0.15) is 0 Å². The molecule has 0 aliphatic heterocycles. The van der Waals surface area contributed by atoms with Crippen LogP contribution in [0, 0.1) is 0 Å². The van der Waals surface area contributed by atoms with Crippen molar-refractivity contribution in [3.8, 4) is 56.4 Å². The molecule has 0 aliphatic carbocycles. The lowest BCUT2D eigenvalue weighted by atomic mass is 10.0. The molecule has 8 aromatic carbocycles. The van der Waals surface area contributed by atoms with Crippen LogP contribution in [0.2, 0.25) is 0 Å². The smallest absolute Gasteiger partial charge is 0.164 e. The fourth-order valence-electron chi connectivity index (χ4n) is 7.39. The van der Waals surface area contributed by atoms with Gasteiger partial charge in [-0.15, -0.1) is 11.3 Å². The van der Waals surface area contributed by atoms with E-state index >= 15 is 0 Å². The third-order valence-corrected chi connectivity index (χ3v) is 11.2. The van der Waals surface area contributed by atoms with Gasteiger partial charge >= 0.3 is 0 Å². The van der Waals surface area contributed by atoms with E-state index in [9.17, 15) is 0 Å². The molecule has 0 radical (unpaired) electrons. The largest absolute Gasteiger partial charge is 0.310 e. The van der Waals surface area contributed by atoms with Crippen LogP contribution >= 0.6 is 11.3 Å². The number of benzene rings is 8. The predicted octanol–water partition coefficient (Wildman–Crippen LogP) is 14.0. The van der Waals surface area contributed by atoms with E-state index in [0.29, 0.717) is 17.5 Å². The Labute approximate surface area is 329 Å². The molecule has 0 saturated heterocycles. The second-order valence-electron chi connectivity index (χ2n) is 13.7. The van der Waals surface area contributed by atoms with E-state index in [2.05, 4.69) is 175 Å². The monoisotopic (exact) mass is 734 g/mol. The Hall–Kier alpha value is -7.21. The normalized spacial score (nSPS) is 11.2. The minimum Gasteiger partial charge on any atom is -0.310 e. The Morgan fingerprint density at radius 2 is 0.732 bits per heavy atom. The van der Waals surface area contributed by atoms with Crippen molar-refractivity contribution >= 4 is 48.6 Å². The third-order valence-electron chi connectivity index (χ3n) is 10.1. The number of rotatable bonds is 8. The van der Waals surface area contributed by atoms with Gasteiger partial charge in [0.15, 0.2) is 17.5 Å². The maximum absolute atomic E-state index is 5.24. The van der Waals surface area contributed by atoms with Gasteiger partial charge in [0.1, 0.15) is 0 Å². The van der Waals surface area contributed by atoms with Gasteiger partial charge in [-0.1, -0.05) is 164 Å². The lowest BCUT2D eigenvalue weighted by molar-refractivity contribution is 1.08. The van der Waals surface area contributed by atoms with E-state index in [1.54, 1.807) is 11.3 Å². The van der Waals surface area contributed by atoms with E-state index in [0.717, 1.165) is 43.8 Å². The van der Waals surface area contributed by atoms with Crippen LogP contribution in [0.4, 0.5) is 17.1 Å². The number of nitrogens with zero attached hydrogens (tertiary/aromatic N) is 4. The van der Waals surface area contributed by atoms with E-state index in [4.69, 9.17) is 15.0 Å². The van der Waals surface area contributed by atoms with Gasteiger partial charge in [-0.3, -0.25) is 0 Å². The molecule has 0 spiro atoms. The Bertz CT molecular complexity index is 2790. The zero-order valence-electron chi connectivity index (χ0n) is 30.3. The second kappa shape index (κ2) is 14.6. The van der Waals surface area contributed by atoms with Crippen LogP contribution in [0.25, 0.3) is 76.6 Å². The van der Waals surface area contributed by atoms with Gasteiger partial charge in [-0.05, 0) is 64.7 Å². The molecule has 0 unspecified atom stereocenters. The molecule has 10 rings (SSSR count). The highest BCUT2D eigenvalue weighted by Gasteiger charge is 2.22. The minimum atomic E-state index is 0.631. The molecule has 0 amide bonds. The molecule has 264 valence electrons. The van der Waals surface area contributed by atoms with Gasteiger partial charge in [0, 0.05) is 53.9 Å². The lowest BCUT2D eigenvalue weighted by Gasteiger charge is -2.27. The van der Waals surface area contributed by atoms with Gasteiger partial charge in [0.05, 0.1) is 0 Å². The molecule has 2 heterocycles. The van der Waals surface area contributed by atoms with Crippen LogP contribution in [-0.2, 0) is 0 Å². The SMILES string of the molecule is c1ccc(-c2ccc(N(c3ccc(-c4ccccc4)cc3)c3cc(-c4nc(-c5ccccc5)nc(-c5ccccc5)n4)c4c(c3)sc3ccccc34)cc2)cc1. The van der Waals surface area contributed by atoms with E-state index in [-0.39, 0.29) is 0 Å². The molecule has 2 aromatic heterocycles. The molecule has 0 aliphatic rings. The summed E-state index contributed by atoms with van der Waals surface area (Å²) in [6.45, 7) is 0. The average molecular weight is 735 g/mol. The van der Waals surface area contributed by atoms with Crippen molar-refractivity contribution in [1.82, 2.24) is 15.0 Å². The van der Waals surface area contributed by atoms with Crippen LogP contribution in [-0.4, -0.2) is 15.0 Å². The van der Waals surface area contributed by atoms with Crippen LogP contribution in [0.15, 0.2) is 206 Å². The molecule has 0 bridgehead atoms. The number of hydrogen-bond donors (Lipinski definition) is 0. The Balaban J connectivity index is 1.21. The molecular formula is C51H34N4S. The first-order chi connectivity index (χ1) is 27.7. The standard InChI is InChI=1S/C51H34N4S/c1-5-15-35(16-6-1)37-25-29-41(30-26-37)55(42-31-27-38(28-32-42)36-17-7-2-8-18-36)43-33-45(48-44-23-13-14-24-46(44)56-47(48)34-43)51-53-49(39-19-9-3-10-20-39)52-50(54-51)40-21-11-4-12-22-40/h1-34H. The number of aromatic nitrogens is 3. The summed E-state index contributed by atoms with van der Waals surface area (Å²) in [6, 6.07) is 72.3. The zero-order chi connectivity index (χ0) is 37.3. The molecule has 4 nitrogen and oxygen atoms in total. The van der Waals surface area contributed by atoms with Crippen molar-refractivity contribution in [3.05, 3.63) is 206 Å². The summed E-state index contributed by atoms with van der Waals surface area (Å²) >= 11 is 1.80. The summed E-state index contributed by atoms with van der Waals surface area (Å²) in [5, 5.41) is 2.32. The van der Waals surface area contributed by atoms with E-state index in [1.807, 2.05) is 36.4 Å². The van der Waals surface area contributed by atoms with Crippen molar-refractivity contribution in [2.24, 2.45) is 0 Å². The van der Waals surface area contributed by atoms with Crippen LogP contribution in [0.5, 0.6) is 0 Å². The van der Waals surface area contributed by atoms with E-state index < -0.39 is 0 Å². The quantitative estimate of drug-likeness (QED) is 0.156. The summed E-state index contributed by atoms with van der Waals surface area (Å²) < 4.78 is 2.38. The van der Waals surface area contributed by atoms with Crippen molar-refractivity contribution in [3.63, 3.8) is 0 Å². The zero-order valence-corrected chi connectivity index (χ0v) is 31.1. The second-order valence-corrected chi connectivity index (χ2v) is 14.7. The molecule has 56 heavy (non-hydrogen) atoms. The molecule has 5 heteroatoms. The number of fused-ring (bicyclic) bond motifs is 3. The Kier molecular flexibility index (Phi) is 8.67. The molecule has 0 atom stereocenters. The van der Waals surface area contributed by atoms with Crippen LogP contribution in [0.3, 0.4) is 0 Å². The highest BCUT2D eigenvalue weighted by Crippen LogP contribution is 2.45. The Morgan fingerprint density at radius 3 is 1.23 bits per heavy atom. The van der Waals surface area contributed by atoms with Crippen LogP contribution < -0.4 is 4.90 Å². The number of thiophene rings is 1. The number of anilines is 3. The molecule has 10 aromatic rings. The third kappa shape index (κ3) is 6.40. The predicted molar refractivity (Wildman–Crippen MR) is 235 cm³/mol. The molecule has 0 N–H and O–H groups in total. The van der Waals surface area contributed by atoms with E-state index in [1.165, 1.54) is 32.3 Å². The topological polar surface area (TPSA) is 41.9 Å². The summed E-state index contributed by atoms with van der Waals surface area (Å²) in [4.78, 5) is 17.8. The van der Waals surface area contributed by atoms with Crippen molar-refractivity contribution in [2.75, 3.05) is 4.90 Å². The van der Waals surface area contributed by atoms with Crippen LogP contribution in [0.1, 0.15) is 0 Å². The number of hydrogen-bond acceptors (Lipinski definition) is 5. The van der Waals surface area contributed by atoms with Gasteiger partial charge in [0.2, 0.25) is 0 Å². The molecular weight excluding hydrogens is 701 g/mol. The maximum Gasteiger partial charge on any atom is 0.164 e.